The van der Waals surface area contributed by atoms with E-state index in [9.17, 15) is 9.90 Å². The summed E-state index contributed by atoms with van der Waals surface area (Å²) in [6.45, 7) is 2.18. The predicted octanol–water partition coefficient (Wildman–Crippen LogP) is 1.53. The van der Waals surface area contributed by atoms with E-state index in [0.717, 1.165) is 5.56 Å². The summed E-state index contributed by atoms with van der Waals surface area (Å²) in [6, 6.07) is 10.5. The zero-order valence-electron chi connectivity index (χ0n) is 9.30. The Balaban J connectivity index is 1.97. The second kappa shape index (κ2) is 4.74. The van der Waals surface area contributed by atoms with Crippen LogP contribution in [0.1, 0.15) is 21.9 Å². The molecule has 4 nitrogen and oxygen atoms in total. The van der Waals surface area contributed by atoms with Gasteiger partial charge in [0, 0.05) is 0 Å². The van der Waals surface area contributed by atoms with Crippen LogP contribution in [0.5, 0.6) is 5.75 Å². The molecule has 1 aromatic carbocycles. The van der Waals surface area contributed by atoms with Gasteiger partial charge in [-0.05, 0) is 31.2 Å². The van der Waals surface area contributed by atoms with Gasteiger partial charge in [0.05, 0.1) is 0 Å². The molecule has 4 heteroatoms. The SMILES string of the molecule is Cc1ccc(OCc2ccc(C(=O)[O-])o2)cc1. The molecular weight excluding hydrogens is 220 g/mol. The van der Waals surface area contributed by atoms with E-state index in [2.05, 4.69) is 0 Å². The topological polar surface area (TPSA) is 62.5 Å². The van der Waals surface area contributed by atoms with Crippen LogP contribution in [0, 0.1) is 6.92 Å². The fourth-order valence-electron chi connectivity index (χ4n) is 1.35. The fraction of sp³-hybridized carbons (Fsp3) is 0.154. The molecule has 2 rings (SSSR count). The molecule has 0 saturated carbocycles. The van der Waals surface area contributed by atoms with Crippen LogP contribution < -0.4 is 9.84 Å². The van der Waals surface area contributed by atoms with Crippen LogP contribution in [0.4, 0.5) is 0 Å². The number of benzene rings is 1. The summed E-state index contributed by atoms with van der Waals surface area (Å²) in [7, 11) is 0. The molecule has 0 aliphatic carbocycles. The summed E-state index contributed by atoms with van der Waals surface area (Å²) in [5.41, 5.74) is 1.15. The number of carbonyl (C=O) groups is 1. The number of furan rings is 1. The Hall–Kier alpha value is -2.23. The van der Waals surface area contributed by atoms with Gasteiger partial charge in [0.25, 0.3) is 0 Å². The van der Waals surface area contributed by atoms with Crippen molar-refractivity contribution in [3.8, 4) is 5.75 Å². The van der Waals surface area contributed by atoms with Crippen LogP contribution in [0.25, 0.3) is 0 Å². The summed E-state index contributed by atoms with van der Waals surface area (Å²) in [5.74, 6) is -0.356. The molecule has 0 saturated heterocycles. The number of hydrogen-bond donors (Lipinski definition) is 0. The van der Waals surface area contributed by atoms with Gasteiger partial charge in [-0.1, -0.05) is 17.7 Å². The maximum Gasteiger partial charge on any atom is 0.149 e. The first-order valence-electron chi connectivity index (χ1n) is 5.14. The number of hydrogen-bond acceptors (Lipinski definition) is 4. The molecule has 0 N–H and O–H groups in total. The van der Waals surface area contributed by atoms with Crippen LogP contribution in [0.2, 0.25) is 0 Å². The van der Waals surface area contributed by atoms with Crippen molar-refractivity contribution in [1.82, 2.24) is 0 Å². The first-order chi connectivity index (χ1) is 8.15. The van der Waals surface area contributed by atoms with E-state index < -0.39 is 5.97 Å². The highest BCUT2D eigenvalue weighted by molar-refractivity contribution is 5.82. The normalized spacial score (nSPS) is 10.2. The molecule has 0 spiro atoms. The zero-order valence-corrected chi connectivity index (χ0v) is 9.30. The first kappa shape index (κ1) is 11.3. The predicted molar refractivity (Wildman–Crippen MR) is 58.5 cm³/mol. The lowest BCUT2D eigenvalue weighted by Gasteiger charge is -2.04. The van der Waals surface area contributed by atoms with Gasteiger partial charge >= 0.3 is 0 Å². The summed E-state index contributed by atoms with van der Waals surface area (Å²) in [4.78, 5) is 10.5. The van der Waals surface area contributed by atoms with Gasteiger partial charge < -0.3 is 19.1 Å². The molecule has 1 heterocycles. The summed E-state index contributed by atoms with van der Waals surface area (Å²) >= 11 is 0. The Bertz CT molecular complexity index is 510. The molecular formula is C13H11O4-. The molecule has 0 radical (unpaired) electrons. The number of aryl methyl sites for hydroxylation is 1. The summed E-state index contributed by atoms with van der Waals surface area (Å²) < 4.78 is 10.4. The second-order valence-electron chi connectivity index (χ2n) is 3.66. The standard InChI is InChI=1S/C13H12O4/c1-9-2-4-10(5-3-9)16-8-11-6-7-12(17-11)13(14)15/h2-7H,8H2,1H3,(H,14,15)/p-1. The van der Waals surface area contributed by atoms with Crippen molar-refractivity contribution in [2.24, 2.45) is 0 Å². The number of ether oxygens (including phenoxy) is 1. The highest BCUT2D eigenvalue weighted by atomic mass is 16.5. The molecule has 0 unspecified atom stereocenters. The Morgan fingerprint density at radius 3 is 2.53 bits per heavy atom. The van der Waals surface area contributed by atoms with Gasteiger partial charge in [0.2, 0.25) is 0 Å². The minimum Gasteiger partial charge on any atom is -0.542 e. The largest absolute Gasteiger partial charge is 0.542 e. The number of carbonyl (C=O) groups excluding carboxylic acids is 1. The monoisotopic (exact) mass is 231 g/mol. The van der Waals surface area contributed by atoms with Crippen LogP contribution >= 0.6 is 0 Å². The van der Waals surface area contributed by atoms with E-state index in [1.165, 1.54) is 6.07 Å². The number of carboxylic acids is 1. The van der Waals surface area contributed by atoms with Crippen molar-refractivity contribution in [1.29, 1.82) is 0 Å². The molecule has 0 amide bonds. The van der Waals surface area contributed by atoms with Gasteiger partial charge in [-0.3, -0.25) is 0 Å². The highest BCUT2D eigenvalue weighted by Crippen LogP contribution is 2.15. The molecule has 0 bridgehead atoms. The number of carboxylic acid groups (broad SMARTS) is 1. The third-order valence-electron chi connectivity index (χ3n) is 2.26. The summed E-state index contributed by atoms with van der Waals surface area (Å²) in [6.07, 6.45) is 0. The van der Waals surface area contributed by atoms with Crippen LogP contribution in [0.3, 0.4) is 0 Å². The van der Waals surface area contributed by atoms with E-state index in [1.807, 2.05) is 31.2 Å². The molecule has 0 fully saturated rings. The van der Waals surface area contributed by atoms with Crippen molar-refractivity contribution in [3.63, 3.8) is 0 Å². The van der Waals surface area contributed by atoms with Crippen molar-refractivity contribution in [2.45, 2.75) is 13.5 Å². The Kier molecular flexibility index (Phi) is 3.14. The van der Waals surface area contributed by atoms with Crippen molar-refractivity contribution >= 4 is 5.97 Å². The molecule has 0 aliphatic heterocycles. The first-order valence-corrected chi connectivity index (χ1v) is 5.14. The zero-order chi connectivity index (χ0) is 12.3. The molecule has 88 valence electrons. The Morgan fingerprint density at radius 1 is 1.24 bits per heavy atom. The van der Waals surface area contributed by atoms with Crippen LogP contribution in [-0.2, 0) is 6.61 Å². The lowest BCUT2D eigenvalue weighted by atomic mass is 10.2. The second-order valence-corrected chi connectivity index (χ2v) is 3.66. The van der Waals surface area contributed by atoms with Crippen LogP contribution in [-0.4, -0.2) is 5.97 Å². The molecule has 0 atom stereocenters. The van der Waals surface area contributed by atoms with Crippen molar-refractivity contribution in [3.05, 3.63) is 53.5 Å². The van der Waals surface area contributed by atoms with Gasteiger partial charge in [-0.25, -0.2) is 0 Å². The lowest BCUT2D eigenvalue weighted by Crippen LogP contribution is -2.21. The third-order valence-corrected chi connectivity index (χ3v) is 2.26. The smallest absolute Gasteiger partial charge is 0.149 e. The molecule has 0 aliphatic rings. The average Bonchev–Trinajstić information content (AvgIpc) is 2.77. The Labute approximate surface area is 98.4 Å². The van der Waals surface area contributed by atoms with Gasteiger partial charge in [0.1, 0.15) is 29.8 Å². The van der Waals surface area contributed by atoms with Crippen molar-refractivity contribution in [2.75, 3.05) is 0 Å². The molecule has 1 aromatic heterocycles. The quantitative estimate of drug-likeness (QED) is 0.800. The summed E-state index contributed by atoms with van der Waals surface area (Å²) in [5, 5.41) is 10.5. The average molecular weight is 231 g/mol. The lowest BCUT2D eigenvalue weighted by molar-refractivity contribution is -0.257. The number of aromatic carboxylic acids is 1. The van der Waals surface area contributed by atoms with E-state index in [1.54, 1.807) is 6.07 Å². The third kappa shape index (κ3) is 2.87. The fourth-order valence-corrected chi connectivity index (χ4v) is 1.35. The minimum absolute atomic E-state index is 0.187. The van der Waals surface area contributed by atoms with E-state index in [-0.39, 0.29) is 12.4 Å². The van der Waals surface area contributed by atoms with E-state index in [4.69, 9.17) is 9.15 Å². The van der Waals surface area contributed by atoms with Gasteiger partial charge in [-0.2, -0.15) is 0 Å². The van der Waals surface area contributed by atoms with E-state index in [0.29, 0.717) is 11.5 Å². The molecule has 17 heavy (non-hydrogen) atoms. The maximum absolute atomic E-state index is 10.5. The maximum atomic E-state index is 10.5. The minimum atomic E-state index is -1.33. The molecule has 2 aromatic rings. The number of rotatable bonds is 4. The van der Waals surface area contributed by atoms with Crippen molar-refractivity contribution < 1.29 is 19.1 Å². The Morgan fingerprint density at radius 2 is 1.94 bits per heavy atom. The van der Waals surface area contributed by atoms with Gasteiger partial charge in [-0.15, -0.1) is 0 Å². The highest BCUT2D eigenvalue weighted by Gasteiger charge is 2.03. The van der Waals surface area contributed by atoms with E-state index >= 15 is 0 Å². The van der Waals surface area contributed by atoms with Crippen LogP contribution in [0.15, 0.2) is 40.8 Å². The van der Waals surface area contributed by atoms with Gasteiger partial charge in [0.15, 0.2) is 0 Å².